The Morgan fingerprint density at radius 1 is 1.13 bits per heavy atom. The van der Waals surface area contributed by atoms with Crippen molar-refractivity contribution >= 4 is 5.91 Å². The molecule has 3 rings (SSSR count). The van der Waals surface area contributed by atoms with Gasteiger partial charge in [-0.2, -0.15) is 5.10 Å². The van der Waals surface area contributed by atoms with Gasteiger partial charge < -0.3 is 10.1 Å². The average molecular weight is 409 g/mol. The monoisotopic (exact) mass is 409 g/mol. The lowest BCUT2D eigenvalue weighted by Gasteiger charge is -2.12. The first-order chi connectivity index (χ1) is 14.3. The van der Waals surface area contributed by atoms with Crippen molar-refractivity contribution in [3.05, 3.63) is 93.2 Å². The summed E-state index contributed by atoms with van der Waals surface area (Å²) >= 11 is 0. The van der Waals surface area contributed by atoms with E-state index in [0.717, 1.165) is 11.1 Å². The van der Waals surface area contributed by atoms with Gasteiger partial charge in [0.25, 0.3) is 5.91 Å². The molecule has 0 saturated heterocycles. The van der Waals surface area contributed by atoms with Gasteiger partial charge in [-0.05, 0) is 44.0 Å². The van der Waals surface area contributed by atoms with Crippen LogP contribution < -0.4 is 10.7 Å². The van der Waals surface area contributed by atoms with Crippen LogP contribution in [0.15, 0.2) is 59.4 Å². The number of para-hydroxylation sites is 1. The molecule has 3 aromatic rings. The summed E-state index contributed by atoms with van der Waals surface area (Å²) in [6.45, 7) is 6.34. The molecule has 7 heteroatoms. The normalized spacial score (nSPS) is 11.0. The van der Waals surface area contributed by atoms with Gasteiger partial charge in [0.2, 0.25) is 5.43 Å². The Bertz CT molecular complexity index is 1090. The zero-order chi connectivity index (χ0) is 21.7. The summed E-state index contributed by atoms with van der Waals surface area (Å²) in [4.78, 5) is 24.9. The van der Waals surface area contributed by atoms with Crippen LogP contribution in [-0.2, 0) is 17.9 Å². The number of ether oxygens (including phenoxy) is 1. The molecule has 0 spiro atoms. The molecule has 30 heavy (non-hydrogen) atoms. The first kappa shape index (κ1) is 21.4. The molecule has 0 radical (unpaired) electrons. The highest BCUT2D eigenvalue weighted by Gasteiger charge is 2.16. The number of carbonyl (C=O) groups excluding carboxylic acids is 1. The minimum atomic E-state index is -0.614. The number of benzene rings is 2. The van der Waals surface area contributed by atoms with Crippen molar-refractivity contribution in [2.45, 2.75) is 40.0 Å². The van der Waals surface area contributed by atoms with Crippen molar-refractivity contribution in [3.63, 3.8) is 0 Å². The number of hydrogen-bond donors (Lipinski definition) is 1. The molecule has 6 nitrogen and oxygen atoms in total. The van der Waals surface area contributed by atoms with E-state index in [1.807, 2.05) is 38.1 Å². The highest BCUT2D eigenvalue weighted by Crippen LogP contribution is 2.13. The topological polar surface area (TPSA) is 73.2 Å². The fourth-order valence-electron chi connectivity index (χ4n) is 2.85. The van der Waals surface area contributed by atoms with E-state index in [1.54, 1.807) is 19.1 Å². The van der Waals surface area contributed by atoms with E-state index < -0.39 is 17.2 Å². The summed E-state index contributed by atoms with van der Waals surface area (Å²) < 4.78 is 21.0. The highest BCUT2D eigenvalue weighted by molar-refractivity contribution is 5.92. The molecular weight excluding hydrogens is 385 g/mol. The second-order valence-electron chi connectivity index (χ2n) is 7.22. The lowest BCUT2D eigenvalue weighted by Crippen LogP contribution is -2.31. The van der Waals surface area contributed by atoms with Crippen LogP contribution in [0.4, 0.5) is 4.39 Å². The fraction of sp³-hybridized carbons (Fsp3) is 0.261. The molecule has 1 aromatic heterocycles. The summed E-state index contributed by atoms with van der Waals surface area (Å²) in [6, 6.07) is 15.0. The third-order valence-electron chi connectivity index (χ3n) is 4.46. The van der Waals surface area contributed by atoms with E-state index in [2.05, 4.69) is 10.4 Å². The standard InChI is InChI=1S/C23H24FN3O3/c1-15(2)30-14-18-10-8-17(9-11-18)13-25-23(29)22-21(28)12-16(3)27(26-22)20-7-5-4-6-19(20)24/h4-12,15H,13-14H2,1-3H3,(H,25,29). The van der Waals surface area contributed by atoms with Crippen LogP contribution in [0.5, 0.6) is 0 Å². The SMILES string of the molecule is Cc1cc(=O)c(C(=O)NCc2ccc(COC(C)C)cc2)nn1-c1ccccc1F. The number of aryl methyl sites for hydroxylation is 1. The first-order valence-corrected chi connectivity index (χ1v) is 9.68. The maximum atomic E-state index is 14.1. The fourth-order valence-corrected chi connectivity index (χ4v) is 2.85. The summed E-state index contributed by atoms with van der Waals surface area (Å²) in [5, 5.41) is 6.80. The Morgan fingerprint density at radius 2 is 1.80 bits per heavy atom. The van der Waals surface area contributed by atoms with E-state index >= 15 is 0 Å². The summed E-state index contributed by atoms with van der Waals surface area (Å²) in [6.07, 6.45) is 0.152. The Morgan fingerprint density at radius 3 is 2.47 bits per heavy atom. The third-order valence-corrected chi connectivity index (χ3v) is 4.46. The van der Waals surface area contributed by atoms with E-state index in [4.69, 9.17) is 4.74 Å². The number of rotatable bonds is 7. The molecule has 1 N–H and O–H groups in total. The molecule has 0 bridgehead atoms. The molecule has 0 fully saturated rings. The Balaban J connectivity index is 1.73. The maximum Gasteiger partial charge on any atom is 0.276 e. The smallest absolute Gasteiger partial charge is 0.276 e. The number of carbonyl (C=O) groups is 1. The van der Waals surface area contributed by atoms with Crippen molar-refractivity contribution in [1.82, 2.24) is 15.1 Å². The molecule has 0 aliphatic rings. The van der Waals surface area contributed by atoms with E-state index in [9.17, 15) is 14.0 Å². The minimum Gasteiger partial charge on any atom is -0.374 e. The van der Waals surface area contributed by atoms with Crippen molar-refractivity contribution in [2.75, 3.05) is 0 Å². The zero-order valence-electron chi connectivity index (χ0n) is 17.2. The number of hydrogen-bond acceptors (Lipinski definition) is 4. The molecule has 0 atom stereocenters. The van der Waals surface area contributed by atoms with Gasteiger partial charge in [0.05, 0.1) is 12.7 Å². The predicted octanol–water partition coefficient (Wildman–Crippen LogP) is 3.54. The van der Waals surface area contributed by atoms with Gasteiger partial charge in [-0.3, -0.25) is 9.59 Å². The number of aromatic nitrogens is 2. The lowest BCUT2D eigenvalue weighted by atomic mass is 10.1. The number of nitrogens with zero attached hydrogens (tertiary/aromatic N) is 2. The molecule has 0 aliphatic heterocycles. The molecular formula is C23H24FN3O3. The van der Waals surface area contributed by atoms with Gasteiger partial charge in [0.1, 0.15) is 11.5 Å². The molecule has 156 valence electrons. The summed E-state index contributed by atoms with van der Waals surface area (Å²) in [5.41, 5.74) is 1.71. The van der Waals surface area contributed by atoms with E-state index in [-0.39, 0.29) is 24.0 Å². The number of nitrogens with one attached hydrogen (secondary N) is 1. The van der Waals surface area contributed by atoms with Crippen LogP contribution in [0.25, 0.3) is 5.69 Å². The van der Waals surface area contributed by atoms with Crippen LogP contribution in [0.3, 0.4) is 0 Å². The Kier molecular flexibility index (Phi) is 6.74. The predicted molar refractivity (Wildman–Crippen MR) is 112 cm³/mol. The zero-order valence-corrected chi connectivity index (χ0v) is 17.2. The minimum absolute atomic E-state index is 0.152. The summed E-state index contributed by atoms with van der Waals surface area (Å²) in [5.74, 6) is -1.11. The second kappa shape index (κ2) is 9.45. The van der Waals surface area contributed by atoms with Crippen molar-refractivity contribution < 1.29 is 13.9 Å². The van der Waals surface area contributed by atoms with E-state index in [1.165, 1.54) is 22.9 Å². The van der Waals surface area contributed by atoms with Gasteiger partial charge in [0, 0.05) is 18.3 Å². The van der Waals surface area contributed by atoms with Gasteiger partial charge in [-0.15, -0.1) is 0 Å². The molecule has 0 saturated carbocycles. The van der Waals surface area contributed by atoms with Gasteiger partial charge in [-0.25, -0.2) is 9.07 Å². The van der Waals surface area contributed by atoms with Crippen LogP contribution in [0.2, 0.25) is 0 Å². The number of amides is 1. The average Bonchev–Trinajstić information content (AvgIpc) is 2.72. The van der Waals surface area contributed by atoms with Crippen molar-refractivity contribution in [2.24, 2.45) is 0 Å². The lowest BCUT2D eigenvalue weighted by molar-refractivity contribution is 0.0657. The highest BCUT2D eigenvalue weighted by atomic mass is 19.1. The second-order valence-corrected chi connectivity index (χ2v) is 7.22. The summed E-state index contributed by atoms with van der Waals surface area (Å²) in [7, 11) is 0. The molecule has 1 amide bonds. The Hall–Kier alpha value is -3.32. The molecule has 0 aliphatic carbocycles. The molecule has 0 unspecified atom stereocenters. The van der Waals surface area contributed by atoms with Crippen LogP contribution >= 0.6 is 0 Å². The van der Waals surface area contributed by atoms with Crippen LogP contribution in [-0.4, -0.2) is 21.8 Å². The van der Waals surface area contributed by atoms with Crippen LogP contribution in [0.1, 0.15) is 41.2 Å². The van der Waals surface area contributed by atoms with Gasteiger partial charge in [-0.1, -0.05) is 36.4 Å². The maximum absolute atomic E-state index is 14.1. The largest absolute Gasteiger partial charge is 0.374 e. The molecule has 2 aromatic carbocycles. The van der Waals surface area contributed by atoms with Gasteiger partial charge >= 0.3 is 0 Å². The van der Waals surface area contributed by atoms with Gasteiger partial charge in [0.15, 0.2) is 5.69 Å². The van der Waals surface area contributed by atoms with Crippen LogP contribution in [0, 0.1) is 12.7 Å². The van der Waals surface area contributed by atoms with E-state index in [0.29, 0.717) is 12.3 Å². The van der Waals surface area contributed by atoms with Crippen molar-refractivity contribution in [3.8, 4) is 5.69 Å². The number of halogens is 1. The quantitative estimate of drug-likeness (QED) is 0.648. The van der Waals surface area contributed by atoms with Crippen molar-refractivity contribution in [1.29, 1.82) is 0 Å². The third kappa shape index (κ3) is 5.18. The first-order valence-electron chi connectivity index (χ1n) is 9.68. The Labute approximate surface area is 174 Å². The molecule has 1 heterocycles.